The normalized spacial score (nSPS) is 18.1. The number of carbonyl (C=O) groups excluding carboxylic acids is 1. The van der Waals surface area contributed by atoms with Gasteiger partial charge >= 0.3 is 0 Å². The van der Waals surface area contributed by atoms with Crippen LogP contribution in [-0.2, 0) is 11.2 Å². The Balaban J connectivity index is 1.40. The van der Waals surface area contributed by atoms with Crippen molar-refractivity contribution in [2.24, 2.45) is 5.92 Å². The van der Waals surface area contributed by atoms with Crippen molar-refractivity contribution in [1.29, 1.82) is 0 Å². The number of fused-ring (bicyclic) bond motifs is 1. The summed E-state index contributed by atoms with van der Waals surface area (Å²) < 4.78 is 0. The summed E-state index contributed by atoms with van der Waals surface area (Å²) in [5.74, 6) is 0.838. The summed E-state index contributed by atoms with van der Waals surface area (Å²) in [6.45, 7) is 6.72. The zero-order chi connectivity index (χ0) is 18.2. The lowest BCUT2D eigenvalue weighted by Gasteiger charge is -2.32. The first-order valence-electron chi connectivity index (χ1n) is 10.1. The lowest BCUT2D eigenvalue weighted by molar-refractivity contribution is -0.120. The molecule has 2 heterocycles. The fourth-order valence-electron chi connectivity index (χ4n) is 3.86. The highest BCUT2D eigenvalue weighted by atomic mass is 16.1. The fraction of sp³-hybridized carbons (Fsp3) is 0.545. The van der Waals surface area contributed by atoms with Crippen LogP contribution in [0.2, 0.25) is 0 Å². The summed E-state index contributed by atoms with van der Waals surface area (Å²) in [5.41, 5.74) is 1.98. The third-order valence-electron chi connectivity index (χ3n) is 5.34. The number of rotatable bonds is 8. The average molecular weight is 354 g/mol. The number of carbonyl (C=O) groups is 1. The van der Waals surface area contributed by atoms with Gasteiger partial charge in [-0.1, -0.05) is 31.5 Å². The highest BCUT2D eigenvalue weighted by Crippen LogP contribution is 2.19. The number of piperidine rings is 1. The van der Waals surface area contributed by atoms with Crippen LogP contribution in [0.4, 0.5) is 0 Å². The van der Waals surface area contributed by atoms with E-state index < -0.39 is 0 Å². The van der Waals surface area contributed by atoms with Crippen LogP contribution in [0, 0.1) is 5.92 Å². The van der Waals surface area contributed by atoms with E-state index in [9.17, 15) is 4.79 Å². The van der Waals surface area contributed by atoms with Crippen LogP contribution in [0.25, 0.3) is 10.9 Å². The van der Waals surface area contributed by atoms with Gasteiger partial charge in [0.1, 0.15) is 0 Å². The van der Waals surface area contributed by atoms with Crippen LogP contribution in [0.15, 0.2) is 36.5 Å². The number of unbranched alkanes of at least 4 members (excludes halogenated alkanes) is 1. The first kappa shape index (κ1) is 18.8. The number of benzene rings is 1. The summed E-state index contributed by atoms with van der Waals surface area (Å²) in [7, 11) is 0. The molecule has 3 rings (SSSR count). The summed E-state index contributed by atoms with van der Waals surface area (Å²) in [6.07, 6.45) is 8.47. The van der Waals surface area contributed by atoms with Crippen molar-refractivity contribution < 1.29 is 4.79 Å². The summed E-state index contributed by atoms with van der Waals surface area (Å²) >= 11 is 0. The van der Waals surface area contributed by atoms with Crippen LogP contribution in [-0.4, -0.2) is 42.0 Å². The maximum Gasteiger partial charge on any atom is 0.224 e. The van der Waals surface area contributed by atoms with Crippen molar-refractivity contribution in [2.75, 3.05) is 26.2 Å². The maximum absolute atomic E-state index is 12.3. The molecule has 1 amide bonds. The molecule has 1 N–H and O–H groups in total. The van der Waals surface area contributed by atoms with Gasteiger partial charge in [-0.2, -0.15) is 0 Å². The van der Waals surface area contributed by atoms with Gasteiger partial charge in [0.25, 0.3) is 0 Å². The number of aromatic nitrogens is 1. The SMILES string of the molecule is CCCCN1CCCC(CCNC(=O)Cc2ccc3cccnc3c2)C1. The highest BCUT2D eigenvalue weighted by molar-refractivity contribution is 5.82. The third kappa shape index (κ3) is 5.53. The zero-order valence-corrected chi connectivity index (χ0v) is 15.9. The number of hydrogen-bond donors (Lipinski definition) is 1. The van der Waals surface area contributed by atoms with Gasteiger partial charge in [0.05, 0.1) is 11.9 Å². The number of nitrogens with one attached hydrogen (secondary N) is 1. The van der Waals surface area contributed by atoms with Gasteiger partial charge < -0.3 is 10.2 Å². The van der Waals surface area contributed by atoms with E-state index >= 15 is 0 Å². The molecule has 1 aromatic heterocycles. The molecule has 4 nitrogen and oxygen atoms in total. The first-order valence-corrected chi connectivity index (χ1v) is 10.1. The van der Waals surface area contributed by atoms with E-state index in [1.54, 1.807) is 6.20 Å². The standard InChI is InChI=1S/C22H31N3O/c1-2-3-13-25-14-5-6-18(17-25)10-12-24-22(26)16-19-8-9-20-7-4-11-23-21(20)15-19/h4,7-9,11,15,18H,2-3,5-6,10,12-14,16-17H2,1H3,(H,24,26). The van der Waals surface area contributed by atoms with Crippen molar-refractivity contribution in [3.8, 4) is 0 Å². The molecule has 1 saturated heterocycles. The fourth-order valence-corrected chi connectivity index (χ4v) is 3.86. The highest BCUT2D eigenvalue weighted by Gasteiger charge is 2.19. The van der Waals surface area contributed by atoms with Gasteiger partial charge in [0, 0.05) is 24.7 Å². The molecule has 2 aromatic rings. The third-order valence-corrected chi connectivity index (χ3v) is 5.34. The Morgan fingerprint density at radius 1 is 1.35 bits per heavy atom. The number of hydrogen-bond acceptors (Lipinski definition) is 3. The van der Waals surface area contributed by atoms with Gasteiger partial charge in [-0.25, -0.2) is 0 Å². The van der Waals surface area contributed by atoms with E-state index in [4.69, 9.17) is 0 Å². The molecule has 26 heavy (non-hydrogen) atoms. The number of pyridine rings is 1. The minimum absolute atomic E-state index is 0.110. The molecule has 0 saturated carbocycles. The number of nitrogens with zero attached hydrogens (tertiary/aromatic N) is 2. The minimum atomic E-state index is 0.110. The molecule has 1 unspecified atom stereocenters. The molecule has 1 aliphatic heterocycles. The molecular formula is C22H31N3O. The molecule has 1 atom stereocenters. The predicted molar refractivity (Wildman–Crippen MR) is 107 cm³/mol. The summed E-state index contributed by atoms with van der Waals surface area (Å²) in [6, 6.07) is 10.1. The van der Waals surface area contributed by atoms with Gasteiger partial charge in [-0.3, -0.25) is 9.78 Å². The van der Waals surface area contributed by atoms with Crippen LogP contribution in [0.3, 0.4) is 0 Å². The van der Waals surface area contributed by atoms with E-state index in [-0.39, 0.29) is 5.91 Å². The second-order valence-electron chi connectivity index (χ2n) is 7.51. The second kappa shape index (κ2) is 9.67. The molecule has 0 aliphatic carbocycles. The molecule has 1 aliphatic rings. The Morgan fingerprint density at radius 2 is 2.27 bits per heavy atom. The van der Waals surface area contributed by atoms with Gasteiger partial charge in [-0.15, -0.1) is 0 Å². The molecule has 0 spiro atoms. The zero-order valence-electron chi connectivity index (χ0n) is 15.9. The largest absolute Gasteiger partial charge is 0.356 e. The second-order valence-corrected chi connectivity index (χ2v) is 7.51. The number of likely N-dealkylation sites (tertiary alicyclic amines) is 1. The van der Waals surface area contributed by atoms with E-state index in [2.05, 4.69) is 22.1 Å². The van der Waals surface area contributed by atoms with Crippen molar-refractivity contribution in [3.05, 3.63) is 42.1 Å². The van der Waals surface area contributed by atoms with Gasteiger partial charge in [0.2, 0.25) is 5.91 Å². The minimum Gasteiger partial charge on any atom is -0.356 e. The first-order chi connectivity index (χ1) is 12.7. The molecule has 140 valence electrons. The van der Waals surface area contributed by atoms with Crippen molar-refractivity contribution in [2.45, 2.75) is 45.4 Å². The monoisotopic (exact) mass is 353 g/mol. The van der Waals surface area contributed by atoms with E-state index in [1.807, 2.05) is 30.3 Å². The maximum atomic E-state index is 12.3. The Kier molecular flexibility index (Phi) is 7.01. The van der Waals surface area contributed by atoms with Crippen LogP contribution in [0.5, 0.6) is 0 Å². The van der Waals surface area contributed by atoms with E-state index in [1.165, 1.54) is 45.3 Å². The average Bonchev–Trinajstić information content (AvgIpc) is 2.66. The van der Waals surface area contributed by atoms with E-state index in [0.717, 1.165) is 35.3 Å². The Labute approximate surface area is 157 Å². The molecule has 0 radical (unpaired) electrons. The van der Waals surface area contributed by atoms with Crippen molar-refractivity contribution >= 4 is 16.8 Å². The molecule has 1 fully saturated rings. The summed E-state index contributed by atoms with van der Waals surface area (Å²) in [4.78, 5) is 19.2. The molecule has 4 heteroatoms. The summed E-state index contributed by atoms with van der Waals surface area (Å²) in [5, 5.41) is 4.22. The Hall–Kier alpha value is -1.94. The smallest absolute Gasteiger partial charge is 0.224 e. The molecular weight excluding hydrogens is 322 g/mol. The van der Waals surface area contributed by atoms with Gasteiger partial charge in [-0.05, 0) is 62.4 Å². The lowest BCUT2D eigenvalue weighted by Crippen LogP contribution is -2.37. The molecule has 1 aromatic carbocycles. The van der Waals surface area contributed by atoms with Gasteiger partial charge in [0.15, 0.2) is 0 Å². The quantitative estimate of drug-likeness (QED) is 0.785. The van der Waals surface area contributed by atoms with Crippen LogP contribution >= 0.6 is 0 Å². The van der Waals surface area contributed by atoms with Crippen molar-refractivity contribution in [3.63, 3.8) is 0 Å². The Bertz CT molecular complexity index is 715. The van der Waals surface area contributed by atoms with Crippen LogP contribution < -0.4 is 5.32 Å². The Morgan fingerprint density at radius 3 is 3.15 bits per heavy atom. The van der Waals surface area contributed by atoms with E-state index in [0.29, 0.717) is 6.42 Å². The lowest BCUT2D eigenvalue weighted by atomic mass is 9.94. The number of amides is 1. The van der Waals surface area contributed by atoms with Crippen LogP contribution in [0.1, 0.15) is 44.6 Å². The predicted octanol–water partition coefficient (Wildman–Crippen LogP) is 3.80. The topological polar surface area (TPSA) is 45.2 Å². The molecule has 0 bridgehead atoms. The van der Waals surface area contributed by atoms with Crippen molar-refractivity contribution in [1.82, 2.24) is 15.2 Å².